The fourth-order valence-corrected chi connectivity index (χ4v) is 6.26. The fourth-order valence-electron chi connectivity index (χ4n) is 4.99. The smallest absolute Gasteiger partial charge is 0.223 e. The molecule has 1 saturated heterocycles. The number of thiophene rings is 1. The average Bonchev–Trinajstić information content (AvgIpc) is 3.21. The molecule has 0 N–H and O–H groups in total. The van der Waals surface area contributed by atoms with Crippen molar-refractivity contribution < 1.29 is 4.79 Å². The molecule has 7 heteroatoms. The van der Waals surface area contributed by atoms with E-state index in [0.29, 0.717) is 6.42 Å². The van der Waals surface area contributed by atoms with Crippen molar-refractivity contribution in [3.8, 4) is 0 Å². The minimum Gasteiger partial charge on any atom is -0.352 e. The summed E-state index contributed by atoms with van der Waals surface area (Å²) in [7, 11) is 4.12. The second-order valence-corrected chi connectivity index (χ2v) is 10.5. The van der Waals surface area contributed by atoms with Crippen LogP contribution in [-0.4, -0.2) is 65.9 Å². The van der Waals surface area contributed by atoms with Gasteiger partial charge in [0.25, 0.3) is 0 Å². The standard InChI is InChI=1S/C26H33N5OS/c1-29(2)18-22-27-25(24-20-10-6-7-11-21(20)33-26(24)28-22)31-16-14-30(15-17-31)23(32)13-12-19-8-4-3-5-9-19/h3-5,8-9H,6-7,10-18H2,1-2H3. The third kappa shape index (κ3) is 4.89. The van der Waals surface area contributed by atoms with Crippen molar-refractivity contribution in [3.63, 3.8) is 0 Å². The van der Waals surface area contributed by atoms with Crippen LogP contribution in [0.4, 0.5) is 5.82 Å². The minimum absolute atomic E-state index is 0.257. The predicted molar refractivity (Wildman–Crippen MR) is 135 cm³/mol. The molecule has 0 bridgehead atoms. The summed E-state index contributed by atoms with van der Waals surface area (Å²) in [6, 6.07) is 10.3. The maximum atomic E-state index is 12.8. The lowest BCUT2D eigenvalue weighted by Crippen LogP contribution is -2.49. The SMILES string of the molecule is CN(C)Cc1nc(N2CCN(C(=O)CCc3ccccc3)CC2)c2c3c(sc2n1)CCCC3. The Labute approximate surface area is 200 Å². The molecule has 6 nitrogen and oxygen atoms in total. The number of piperazine rings is 1. The van der Waals surface area contributed by atoms with Gasteiger partial charge in [-0.1, -0.05) is 30.3 Å². The Balaban J connectivity index is 1.33. The van der Waals surface area contributed by atoms with Crippen LogP contribution in [-0.2, 0) is 30.6 Å². The summed E-state index contributed by atoms with van der Waals surface area (Å²) in [6.45, 7) is 3.91. The number of rotatable bonds is 6. The van der Waals surface area contributed by atoms with E-state index in [1.807, 2.05) is 34.4 Å². The number of nitrogens with zero attached hydrogens (tertiary/aromatic N) is 5. The summed E-state index contributed by atoms with van der Waals surface area (Å²) in [5, 5.41) is 1.28. The molecular weight excluding hydrogens is 430 g/mol. The lowest BCUT2D eigenvalue weighted by atomic mass is 9.97. The van der Waals surface area contributed by atoms with Crippen molar-refractivity contribution in [1.29, 1.82) is 0 Å². The Kier molecular flexibility index (Phi) is 6.60. The zero-order chi connectivity index (χ0) is 22.8. The van der Waals surface area contributed by atoms with E-state index in [1.165, 1.54) is 40.7 Å². The van der Waals surface area contributed by atoms with Gasteiger partial charge in [-0.15, -0.1) is 11.3 Å². The highest BCUT2D eigenvalue weighted by Gasteiger charge is 2.27. The normalized spacial score (nSPS) is 16.5. The van der Waals surface area contributed by atoms with Crippen molar-refractivity contribution in [2.45, 2.75) is 45.1 Å². The van der Waals surface area contributed by atoms with Gasteiger partial charge in [0.2, 0.25) is 5.91 Å². The molecule has 33 heavy (non-hydrogen) atoms. The molecule has 0 radical (unpaired) electrons. The van der Waals surface area contributed by atoms with E-state index in [-0.39, 0.29) is 5.91 Å². The van der Waals surface area contributed by atoms with E-state index in [1.54, 1.807) is 0 Å². The van der Waals surface area contributed by atoms with Crippen LogP contribution in [0.2, 0.25) is 0 Å². The molecule has 0 unspecified atom stereocenters. The van der Waals surface area contributed by atoms with E-state index in [4.69, 9.17) is 9.97 Å². The highest BCUT2D eigenvalue weighted by molar-refractivity contribution is 7.19. The van der Waals surface area contributed by atoms with Crippen LogP contribution >= 0.6 is 11.3 Å². The maximum absolute atomic E-state index is 12.8. The van der Waals surface area contributed by atoms with Crippen molar-refractivity contribution in [1.82, 2.24) is 19.8 Å². The van der Waals surface area contributed by atoms with Crippen molar-refractivity contribution in [2.24, 2.45) is 0 Å². The van der Waals surface area contributed by atoms with E-state index in [0.717, 1.165) is 62.0 Å². The number of fused-ring (bicyclic) bond motifs is 3. The molecule has 0 saturated carbocycles. The van der Waals surface area contributed by atoms with Gasteiger partial charge in [0.05, 0.1) is 11.9 Å². The zero-order valence-electron chi connectivity index (χ0n) is 19.7. The quantitative estimate of drug-likeness (QED) is 0.555. The number of benzene rings is 1. The summed E-state index contributed by atoms with van der Waals surface area (Å²) in [5.74, 6) is 2.24. The van der Waals surface area contributed by atoms with E-state index < -0.39 is 0 Å². The largest absolute Gasteiger partial charge is 0.352 e. The Hall–Kier alpha value is -2.51. The van der Waals surface area contributed by atoms with Gasteiger partial charge in [-0.3, -0.25) is 4.79 Å². The fraction of sp³-hybridized carbons (Fsp3) is 0.500. The van der Waals surface area contributed by atoms with Gasteiger partial charge in [-0.25, -0.2) is 9.97 Å². The first kappa shape index (κ1) is 22.3. The summed E-state index contributed by atoms with van der Waals surface area (Å²) in [4.78, 5) is 32.0. The lowest BCUT2D eigenvalue weighted by molar-refractivity contribution is -0.131. The monoisotopic (exact) mass is 463 g/mol. The molecule has 1 aromatic carbocycles. The van der Waals surface area contributed by atoms with Crippen LogP contribution in [0.3, 0.4) is 0 Å². The highest BCUT2D eigenvalue weighted by atomic mass is 32.1. The number of anilines is 1. The molecule has 1 amide bonds. The van der Waals surface area contributed by atoms with Gasteiger partial charge in [0.15, 0.2) is 0 Å². The molecule has 1 fully saturated rings. The minimum atomic E-state index is 0.257. The molecule has 2 aliphatic rings. The second kappa shape index (κ2) is 9.77. The second-order valence-electron chi connectivity index (χ2n) is 9.45. The first-order valence-corrected chi connectivity index (χ1v) is 12.9. The van der Waals surface area contributed by atoms with Gasteiger partial charge in [-0.2, -0.15) is 0 Å². The maximum Gasteiger partial charge on any atom is 0.223 e. The van der Waals surface area contributed by atoms with Crippen molar-refractivity contribution in [2.75, 3.05) is 45.2 Å². The number of carbonyl (C=O) groups excluding carboxylic acids is 1. The molecular formula is C26H33N5OS. The van der Waals surface area contributed by atoms with E-state index in [9.17, 15) is 4.79 Å². The molecule has 5 rings (SSSR count). The van der Waals surface area contributed by atoms with Crippen LogP contribution in [0, 0.1) is 0 Å². The molecule has 0 spiro atoms. The van der Waals surface area contributed by atoms with Gasteiger partial charge in [0, 0.05) is 37.5 Å². The molecule has 0 atom stereocenters. The zero-order valence-corrected chi connectivity index (χ0v) is 20.5. The van der Waals surface area contributed by atoms with Crippen molar-refractivity contribution >= 4 is 33.3 Å². The van der Waals surface area contributed by atoms with Gasteiger partial charge < -0.3 is 14.7 Å². The summed E-state index contributed by atoms with van der Waals surface area (Å²) < 4.78 is 0. The Morgan fingerprint density at radius 2 is 1.79 bits per heavy atom. The number of aromatic nitrogens is 2. The Morgan fingerprint density at radius 1 is 1.03 bits per heavy atom. The third-order valence-corrected chi connectivity index (χ3v) is 7.89. The number of hydrogen-bond acceptors (Lipinski definition) is 6. The molecule has 3 heterocycles. The lowest BCUT2D eigenvalue weighted by Gasteiger charge is -2.36. The van der Waals surface area contributed by atoms with Crippen molar-refractivity contribution in [3.05, 3.63) is 52.2 Å². The first-order chi connectivity index (χ1) is 16.1. The third-order valence-electron chi connectivity index (χ3n) is 6.70. The molecule has 2 aromatic heterocycles. The first-order valence-electron chi connectivity index (χ1n) is 12.1. The highest BCUT2D eigenvalue weighted by Crippen LogP contribution is 2.40. The van der Waals surface area contributed by atoms with Gasteiger partial charge >= 0.3 is 0 Å². The molecule has 174 valence electrons. The summed E-state index contributed by atoms with van der Waals surface area (Å²) in [5.41, 5.74) is 2.71. The van der Waals surface area contributed by atoms with Gasteiger partial charge in [-0.05, 0) is 57.3 Å². The van der Waals surface area contributed by atoms with Crippen LogP contribution in [0.15, 0.2) is 30.3 Å². The topological polar surface area (TPSA) is 52.6 Å². The summed E-state index contributed by atoms with van der Waals surface area (Å²) >= 11 is 1.87. The van der Waals surface area contributed by atoms with E-state index in [2.05, 4.69) is 36.0 Å². The van der Waals surface area contributed by atoms with Crippen LogP contribution < -0.4 is 4.90 Å². The molecule has 3 aromatic rings. The van der Waals surface area contributed by atoms with E-state index >= 15 is 0 Å². The number of carbonyl (C=O) groups is 1. The molecule has 1 aliphatic heterocycles. The number of amides is 1. The average molecular weight is 464 g/mol. The number of hydrogen-bond donors (Lipinski definition) is 0. The Bertz CT molecular complexity index is 1120. The molecule has 1 aliphatic carbocycles. The number of aryl methyl sites for hydroxylation is 3. The van der Waals surface area contributed by atoms with Crippen LogP contribution in [0.1, 0.15) is 41.1 Å². The predicted octanol–water partition coefficient (Wildman–Crippen LogP) is 3.91. The van der Waals surface area contributed by atoms with Crippen LogP contribution in [0.25, 0.3) is 10.2 Å². The summed E-state index contributed by atoms with van der Waals surface area (Å²) in [6.07, 6.45) is 6.21. The van der Waals surface area contributed by atoms with Crippen LogP contribution in [0.5, 0.6) is 0 Å². The van der Waals surface area contributed by atoms with Gasteiger partial charge in [0.1, 0.15) is 16.5 Å². The Morgan fingerprint density at radius 3 is 2.55 bits per heavy atom.